The molecule has 0 unspecified atom stereocenters. The van der Waals surface area contributed by atoms with Crippen molar-refractivity contribution in [3.8, 4) is 0 Å². The average Bonchev–Trinajstić information content (AvgIpc) is 1.97. The maximum absolute atomic E-state index is 9.09. The highest BCUT2D eigenvalue weighted by atomic mass is 35.5. The Morgan fingerprint density at radius 1 is 1.30 bits per heavy atom. The van der Waals surface area contributed by atoms with Crippen LogP contribution < -0.4 is 18.1 Å². The van der Waals surface area contributed by atoms with Gasteiger partial charge < -0.3 is 23.2 Å². The maximum Gasteiger partial charge on any atom is 0.103 e. The monoisotopic (exact) mass is 163 g/mol. The third-order valence-electron chi connectivity index (χ3n) is 1.68. The van der Waals surface area contributed by atoms with Gasteiger partial charge in [0.15, 0.2) is 0 Å². The predicted octanol–water partition coefficient (Wildman–Crippen LogP) is -3.30. The normalized spacial score (nSPS) is 32.6. The Morgan fingerprint density at radius 3 is 2.70 bits per heavy atom. The van der Waals surface area contributed by atoms with E-state index in [0.717, 1.165) is 19.3 Å². The molecule has 0 amide bonds. The lowest BCUT2D eigenvalue weighted by molar-refractivity contribution is -0.404. The lowest BCUT2D eigenvalue weighted by Crippen LogP contribution is -3.00. The van der Waals surface area contributed by atoms with E-state index in [1.165, 1.54) is 0 Å². The Bertz CT molecular complexity index is 104. The van der Waals surface area contributed by atoms with Crippen LogP contribution >= 0.6 is 0 Å². The van der Waals surface area contributed by atoms with Gasteiger partial charge in [-0.05, 0) is 18.9 Å². The first-order valence-corrected chi connectivity index (χ1v) is 3.48. The molecule has 1 rings (SSSR count). The van der Waals surface area contributed by atoms with Crippen LogP contribution in [0.3, 0.4) is 0 Å². The molecule has 2 nitrogen and oxygen atoms in total. The van der Waals surface area contributed by atoms with E-state index in [2.05, 4.69) is 5.73 Å². The van der Waals surface area contributed by atoms with Crippen LogP contribution in [0.5, 0.6) is 0 Å². The number of aliphatic hydroxyl groups excluding tert-OH is 1. The number of hydrogen-bond acceptors (Lipinski definition) is 1. The molecule has 0 aromatic carbocycles. The van der Waals surface area contributed by atoms with Gasteiger partial charge in [-0.2, -0.15) is 0 Å². The second-order valence-electron chi connectivity index (χ2n) is 2.64. The Morgan fingerprint density at radius 2 is 2.00 bits per heavy atom. The summed E-state index contributed by atoms with van der Waals surface area (Å²) in [5, 5.41) is 9.09. The zero-order valence-corrected chi connectivity index (χ0v) is 6.72. The minimum atomic E-state index is -0.211. The van der Waals surface area contributed by atoms with Crippen LogP contribution in [0.4, 0.5) is 0 Å². The average molecular weight is 164 g/mol. The van der Waals surface area contributed by atoms with E-state index in [1.807, 2.05) is 12.2 Å². The fourth-order valence-electron chi connectivity index (χ4n) is 1.07. The van der Waals surface area contributed by atoms with Gasteiger partial charge in [-0.25, -0.2) is 0 Å². The van der Waals surface area contributed by atoms with Gasteiger partial charge in [0, 0.05) is 6.42 Å². The first-order chi connectivity index (χ1) is 4.29. The molecule has 0 saturated carbocycles. The minimum Gasteiger partial charge on any atom is -1.00 e. The molecule has 1 aliphatic carbocycles. The molecule has 4 N–H and O–H groups in total. The Labute approximate surface area is 67.5 Å². The van der Waals surface area contributed by atoms with E-state index in [-0.39, 0.29) is 18.5 Å². The number of halogens is 1. The molecule has 0 aromatic heterocycles. The van der Waals surface area contributed by atoms with Gasteiger partial charge >= 0.3 is 0 Å². The van der Waals surface area contributed by atoms with Crippen LogP contribution in [0, 0.1) is 0 Å². The second-order valence-corrected chi connectivity index (χ2v) is 2.64. The van der Waals surface area contributed by atoms with Crippen molar-refractivity contribution in [2.45, 2.75) is 31.4 Å². The maximum atomic E-state index is 9.09. The van der Waals surface area contributed by atoms with Crippen molar-refractivity contribution in [2.24, 2.45) is 0 Å². The van der Waals surface area contributed by atoms with Crippen molar-refractivity contribution < 1.29 is 23.2 Å². The SMILES string of the molecule is [Cl-].[NH3+][C@H]1C=C[C@@H](O)CCC1. The molecule has 0 radical (unpaired) electrons. The van der Waals surface area contributed by atoms with Crippen LogP contribution in [0.25, 0.3) is 0 Å². The Hall–Kier alpha value is -0.0500. The smallest absolute Gasteiger partial charge is 0.103 e. The fourth-order valence-corrected chi connectivity index (χ4v) is 1.07. The van der Waals surface area contributed by atoms with Crippen molar-refractivity contribution >= 4 is 0 Å². The van der Waals surface area contributed by atoms with Gasteiger partial charge in [0.2, 0.25) is 0 Å². The molecular weight excluding hydrogens is 150 g/mol. The Kier molecular flexibility index (Phi) is 4.69. The largest absolute Gasteiger partial charge is 1.00 e. The van der Waals surface area contributed by atoms with E-state index in [1.54, 1.807) is 0 Å². The molecule has 0 spiro atoms. The second kappa shape index (κ2) is 4.72. The lowest BCUT2D eigenvalue weighted by Gasteiger charge is -1.98. The topological polar surface area (TPSA) is 47.9 Å². The zero-order chi connectivity index (χ0) is 6.69. The van der Waals surface area contributed by atoms with Crippen LogP contribution in [-0.4, -0.2) is 17.3 Å². The molecular formula is C7H14ClNO. The molecule has 60 valence electrons. The van der Waals surface area contributed by atoms with Gasteiger partial charge in [0.05, 0.1) is 6.10 Å². The third-order valence-corrected chi connectivity index (χ3v) is 1.68. The number of aliphatic hydroxyl groups is 1. The van der Waals surface area contributed by atoms with Gasteiger partial charge in [0.1, 0.15) is 6.04 Å². The highest BCUT2D eigenvalue weighted by Crippen LogP contribution is 2.08. The van der Waals surface area contributed by atoms with Crippen molar-refractivity contribution in [3.05, 3.63) is 12.2 Å². The number of rotatable bonds is 0. The minimum absolute atomic E-state index is 0. The highest BCUT2D eigenvalue weighted by Gasteiger charge is 2.08. The van der Waals surface area contributed by atoms with E-state index in [4.69, 9.17) is 5.11 Å². The molecule has 3 heteroatoms. The van der Waals surface area contributed by atoms with Crippen molar-refractivity contribution in [1.29, 1.82) is 0 Å². The van der Waals surface area contributed by atoms with Crippen molar-refractivity contribution in [3.63, 3.8) is 0 Å². The number of quaternary nitrogens is 1. The first kappa shape index (κ1) is 9.95. The van der Waals surface area contributed by atoms with Crippen molar-refractivity contribution in [2.75, 3.05) is 0 Å². The van der Waals surface area contributed by atoms with Crippen LogP contribution in [0.1, 0.15) is 19.3 Å². The van der Waals surface area contributed by atoms with E-state index in [9.17, 15) is 0 Å². The van der Waals surface area contributed by atoms with Crippen LogP contribution in [-0.2, 0) is 0 Å². The van der Waals surface area contributed by atoms with Crippen molar-refractivity contribution in [1.82, 2.24) is 0 Å². The van der Waals surface area contributed by atoms with E-state index in [0.29, 0.717) is 6.04 Å². The lowest BCUT2D eigenvalue weighted by atomic mass is 10.1. The molecule has 0 bridgehead atoms. The zero-order valence-electron chi connectivity index (χ0n) is 5.96. The summed E-state index contributed by atoms with van der Waals surface area (Å²) in [4.78, 5) is 0. The van der Waals surface area contributed by atoms with Gasteiger partial charge in [0.25, 0.3) is 0 Å². The molecule has 10 heavy (non-hydrogen) atoms. The molecule has 0 aromatic rings. The van der Waals surface area contributed by atoms with Gasteiger partial charge in [-0.15, -0.1) is 0 Å². The molecule has 1 aliphatic rings. The molecule has 2 atom stereocenters. The summed E-state index contributed by atoms with van der Waals surface area (Å²) in [6.07, 6.45) is 6.76. The van der Waals surface area contributed by atoms with Gasteiger partial charge in [-0.1, -0.05) is 6.08 Å². The van der Waals surface area contributed by atoms with Crippen LogP contribution in [0.2, 0.25) is 0 Å². The fraction of sp³-hybridized carbons (Fsp3) is 0.714. The first-order valence-electron chi connectivity index (χ1n) is 3.48. The summed E-state index contributed by atoms with van der Waals surface area (Å²) in [6.45, 7) is 0. The van der Waals surface area contributed by atoms with Crippen LogP contribution in [0.15, 0.2) is 12.2 Å². The summed E-state index contributed by atoms with van der Waals surface area (Å²) < 4.78 is 0. The predicted molar refractivity (Wildman–Crippen MR) is 35.7 cm³/mol. The highest BCUT2D eigenvalue weighted by molar-refractivity contribution is 4.95. The quantitative estimate of drug-likeness (QED) is 0.362. The number of hydrogen-bond donors (Lipinski definition) is 2. The van der Waals surface area contributed by atoms with E-state index < -0.39 is 0 Å². The van der Waals surface area contributed by atoms with Gasteiger partial charge in [-0.3, -0.25) is 0 Å². The molecule has 0 saturated heterocycles. The summed E-state index contributed by atoms with van der Waals surface area (Å²) in [7, 11) is 0. The molecule has 0 fully saturated rings. The summed E-state index contributed by atoms with van der Waals surface area (Å²) in [5.41, 5.74) is 3.89. The van der Waals surface area contributed by atoms with E-state index >= 15 is 0 Å². The standard InChI is InChI=1S/C7H13NO.ClH/c8-6-2-1-3-7(9)5-4-6;/h4-7,9H,1-3,8H2;1H/t6-,7+;/m1./s1. The summed E-state index contributed by atoms with van der Waals surface area (Å²) in [6, 6.07) is 0.419. The Balaban J connectivity index is 0.000000810. The molecule has 0 heterocycles. The summed E-state index contributed by atoms with van der Waals surface area (Å²) >= 11 is 0. The molecule has 0 aliphatic heterocycles. The summed E-state index contributed by atoms with van der Waals surface area (Å²) in [5.74, 6) is 0. The third kappa shape index (κ3) is 3.20.